The molecule has 2 rings (SSSR count). The molecular weight excluding hydrogens is 214 g/mol. The van der Waals surface area contributed by atoms with Gasteiger partial charge in [-0.1, -0.05) is 0 Å². The van der Waals surface area contributed by atoms with Crippen molar-refractivity contribution in [2.75, 3.05) is 6.54 Å². The van der Waals surface area contributed by atoms with E-state index in [0.717, 1.165) is 29.9 Å². The molecule has 1 aromatic heterocycles. The van der Waals surface area contributed by atoms with Crippen molar-refractivity contribution in [1.29, 1.82) is 0 Å². The number of hydrogen-bond acceptors (Lipinski definition) is 3. The van der Waals surface area contributed by atoms with Gasteiger partial charge >= 0.3 is 0 Å². The minimum Gasteiger partial charge on any atom is -0.338 e. The highest BCUT2D eigenvalue weighted by Gasteiger charge is 2.21. The molecule has 2 heterocycles. The lowest BCUT2D eigenvalue weighted by atomic mass is 10.0. The Bertz CT molecular complexity index is 419. The van der Waals surface area contributed by atoms with E-state index in [1.165, 1.54) is 0 Å². The van der Waals surface area contributed by atoms with Gasteiger partial charge in [-0.05, 0) is 18.5 Å². The van der Waals surface area contributed by atoms with Crippen molar-refractivity contribution in [2.24, 2.45) is 0 Å². The number of nitrogens with zero attached hydrogens (tertiary/aromatic N) is 3. The van der Waals surface area contributed by atoms with E-state index in [1.807, 2.05) is 6.92 Å². The van der Waals surface area contributed by atoms with Crippen LogP contribution >= 0.6 is 11.6 Å². The molecule has 1 aliphatic heterocycles. The Morgan fingerprint density at radius 1 is 1.47 bits per heavy atom. The van der Waals surface area contributed by atoms with Gasteiger partial charge in [-0.25, -0.2) is 9.97 Å². The number of hydrogen-bond donors (Lipinski definition) is 0. The van der Waals surface area contributed by atoms with Crippen molar-refractivity contribution >= 4 is 17.5 Å². The summed E-state index contributed by atoms with van der Waals surface area (Å²) in [5, 5.41) is 0.294. The lowest BCUT2D eigenvalue weighted by Crippen LogP contribution is -2.35. The van der Waals surface area contributed by atoms with Crippen LogP contribution in [0.5, 0.6) is 0 Å². The number of fused-ring (bicyclic) bond motifs is 1. The zero-order chi connectivity index (χ0) is 11.0. The van der Waals surface area contributed by atoms with E-state index in [4.69, 9.17) is 11.6 Å². The summed E-state index contributed by atoms with van der Waals surface area (Å²) in [7, 11) is 0. The van der Waals surface area contributed by atoms with E-state index in [2.05, 4.69) is 9.97 Å². The van der Waals surface area contributed by atoms with Crippen LogP contribution < -0.4 is 0 Å². The van der Waals surface area contributed by atoms with Crippen LogP contribution in [-0.2, 0) is 17.8 Å². The second kappa shape index (κ2) is 3.77. The van der Waals surface area contributed by atoms with Crippen molar-refractivity contribution < 1.29 is 4.79 Å². The smallest absolute Gasteiger partial charge is 0.222 e. The summed E-state index contributed by atoms with van der Waals surface area (Å²) >= 11 is 5.78. The summed E-state index contributed by atoms with van der Waals surface area (Å²) in [6.07, 6.45) is 0.762. The molecule has 0 unspecified atom stereocenters. The van der Waals surface area contributed by atoms with Gasteiger partial charge in [-0.3, -0.25) is 4.79 Å². The highest BCUT2D eigenvalue weighted by molar-refractivity contribution is 6.28. The molecule has 1 aromatic rings. The molecule has 0 aromatic carbocycles. The summed E-state index contributed by atoms with van der Waals surface area (Å²) in [5.74, 6) is 0.0926. The van der Waals surface area contributed by atoms with Crippen LogP contribution in [0.3, 0.4) is 0 Å². The Morgan fingerprint density at radius 3 is 2.87 bits per heavy atom. The molecule has 1 aliphatic rings. The predicted molar refractivity (Wildman–Crippen MR) is 56.6 cm³/mol. The second-order valence-electron chi connectivity index (χ2n) is 3.69. The van der Waals surface area contributed by atoms with E-state index in [1.54, 1.807) is 11.8 Å². The zero-order valence-electron chi connectivity index (χ0n) is 8.75. The minimum absolute atomic E-state index is 0.0926. The van der Waals surface area contributed by atoms with Gasteiger partial charge in [0.15, 0.2) is 0 Å². The van der Waals surface area contributed by atoms with Crippen LogP contribution in [-0.4, -0.2) is 27.3 Å². The number of amides is 1. The number of halogens is 1. The van der Waals surface area contributed by atoms with Gasteiger partial charge in [0.25, 0.3) is 0 Å². The molecule has 5 heteroatoms. The van der Waals surface area contributed by atoms with Gasteiger partial charge in [-0.2, -0.15) is 0 Å². The third kappa shape index (κ3) is 1.95. The van der Waals surface area contributed by atoms with E-state index < -0.39 is 0 Å². The Morgan fingerprint density at radius 2 is 2.20 bits per heavy atom. The summed E-state index contributed by atoms with van der Waals surface area (Å²) in [6.45, 7) is 4.80. The number of carbonyl (C=O) groups is 1. The highest BCUT2D eigenvalue weighted by Crippen LogP contribution is 2.21. The summed E-state index contributed by atoms with van der Waals surface area (Å²) in [4.78, 5) is 21.3. The minimum atomic E-state index is 0.0926. The average molecular weight is 226 g/mol. The molecule has 15 heavy (non-hydrogen) atoms. The molecule has 0 fully saturated rings. The standard InChI is InChI=1S/C10H12ClN3O/c1-6-8-5-14(7(2)15)4-3-9(8)13-10(11)12-6/h3-5H2,1-2H3. The lowest BCUT2D eigenvalue weighted by Gasteiger charge is -2.27. The van der Waals surface area contributed by atoms with Crippen molar-refractivity contribution in [1.82, 2.24) is 14.9 Å². The van der Waals surface area contributed by atoms with Crippen LogP contribution in [0.25, 0.3) is 0 Å². The Kier molecular flexibility index (Phi) is 2.61. The molecule has 0 atom stereocenters. The number of aryl methyl sites for hydroxylation is 1. The molecule has 0 radical (unpaired) electrons. The first-order valence-corrected chi connectivity index (χ1v) is 5.23. The third-order valence-electron chi connectivity index (χ3n) is 2.69. The molecule has 0 saturated heterocycles. The van der Waals surface area contributed by atoms with Crippen LogP contribution in [0.2, 0.25) is 5.28 Å². The van der Waals surface area contributed by atoms with Gasteiger partial charge in [0.1, 0.15) is 0 Å². The van der Waals surface area contributed by atoms with Crippen LogP contribution in [0, 0.1) is 6.92 Å². The van der Waals surface area contributed by atoms with Crippen LogP contribution in [0.4, 0.5) is 0 Å². The first-order valence-electron chi connectivity index (χ1n) is 4.85. The van der Waals surface area contributed by atoms with Gasteiger partial charge in [0.2, 0.25) is 11.2 Å². The largest absolute Gasteiger partial charge is 0.338 e. The number of carbonyl (C=O) groups excluding carboxylic acids is 1. The van der Waals surface area contributed by atoms with Crippen molar-refractivity contribution in [3.8, 4) is 0 Å². The maximum atomic E-state index is 11.2. The predicted octanol–water partition coefficient (Wildman–Crippen LogP) is 1.34. The normalized spacial score (nSPS) is 15.0. The molecule has 80 valence electrons. The fourth-order valence-corrected chi connectivity index (χ4v) is 2.04. The topological polar surface area (TPSA) is 46.1 Å². The first kappa shape index (κ1) is 10.4. The van der Waals surface area contributed by atoms with Crippen molar-refractivity contribution in [3.05, 3.63) is 22.2 Å². The molecule has 0 bridgehead atoms. The fourth-order valence-electron chi connectivity index (χ4n) is 1.81. The molecule has 0 spiro atoms. The lowest BCUT2D eigenvalue weighted by molar-refractivity contribution is -0.129. The maximum Gasteiger partial charge on any atom is 0.222 e. The maximum absolute atomic E-state index is 11.2. The fraction of sp³-hybridized carbons (Fsp3) is 0.500. The van der Waals surface area contributed by atoms with Crippen LogP contribution in [0.1, 0.15) is 23.9 Å². The van der Waals surface area contributed by atoms with Crippen molar-refractivity contribution in [3.63, 3.8) is 0 Å². The van der Waals surface area contributed by atoms with Gasteiger partial charge in [0, 0.05) is 37.7 Å². The van der Waals surface area contributed by atoms with E-state index in [9.17, 15) is 4.79 Å². The monoisotopic (exact) mass is 225 g/mol. The van der Waals surface area contributed by atoms with Crippen molar-refractivity contribution in [2.45, 2.75) is 26.8 Å². The van der Waals surface area contributed by atoms with E-state index in [0.29, 0.717) is 11.8 Å². The highest BCUT2D eigenvalue weighted by atomic mass is 35.5. The number of aromatic nitrogens is 2. The summed E-state index contributed by atoms with van der Waals surface area (Å²) in [5.41, 5.74) is 2.89. The van der Waals surface area contributed by atoms with E-state index >= 15 is 0 Å². The van der Waals surface area contributed by atoms with E-state index in [-0.39, 0.29) is 5.91 Å². The Labute approximate surface area is 93.3 Å². The summed E-state index contributed by atoms with van der Waals surface area (Å²) < 4.78 is 0. The SMILES string of the molecule is CC(=O)N1CCc2nc(Cl)nc(C)c2C1. The second-order valence-corrected chi connectivity index (χ2v) is 4.03. The zero-order valence-corrected chi connectivity index (χ0v) is 9.51. The Balaban J connectivity index is 2.37. The van der Waals surface area contributed by atoms with Gasteiger partial charge in [-0.15, -0.1) is 0 Å². The first-order chi connectivity index (χ1) is 7.08. The molecule has 0 aliphatic carbocycles. The van der Waals surface area contributed by atoms with Gasteiger partial charge < -0.3 is 4.90 Å². The summed E-state index contributed by atoms with van der Waals surface area (Å²) in [6, 6.07) is 0. The Hall–Kier alpha value is -1.16. The average Bonchev–Trinajstić information content (AvgIpc) is 2.16. The quantitative estimate of drug-likeness (QED) is 0.626. The molecule has 1 amide bonds. The molecule has 0 saturated carbocycles. The molecule has 4 nitrogen and oxygen atoms in total. The van der Waals surface area contributed by atoms with Crippen LogP contribution in [0.15, 0.2) is 0 Å². The molecular formula is C10H12ClN3O. The molecule has 0 N–H and O–H groups in total. The number of rotatable bonds is 0. The third-order valence-corrected chi connectivity index (χ3v) is 2.85. The van der Waals surface area contributed by atoms with Gasteiger partial charge in [0.05, 0.1) is 5.69 Å².